The lowest BCUT2D eigenvalue weighted by Gasteiger charge is -2.29. The Labute approximate surface area is 126 Å². The maximum Gasteiger partial charge on any atom is 0.263 e. The van der Waals surface area contributed by atoms with E-state index in [9.17, 15) is 4.79 Å². The first kappa shape index (κ1) is 15.8. The first-order chi connectivity index (χ1) is 9.99. The number of morpholine rings is 1. The number of carbonyl (C=O) groups is 1. The molecule has 0 aromatic heterocycles. The molecule has 1 fully saturated rings. The van der Waals surface area contributed by atoms with E-state index >= 15 is 0 Å². The lowest BCUT2D eigenvalue weighted by Crippen LogP contribution is -2.46. The van der Waals surface area contributed by atoms with Crippen LogP contribution in [0.5, 0.6) is 5.75 Å². The number of amides is 1. The van der Waals surface area contributed by atoms with Crippen LogP contribution in [0.25, 0.3) is 0 Å². The van der Waals surface area contributed by atoms with Gasteiger partial charge in [-0.3, -0.25) is 4.79 Å². The Hall–Kier alpha value is -1.59. The molecular weight excluding hydrogens is 268 g/mol. The van der Waals surface area contributed by atoms with E-state index in [-0.39, 0.29) is 11.9 Å². The van der Waals surface area contributed by atoms with Crippen LogP contribution >= 0.6 is 0 Å². The molecule has 2 rings (SSSR count). The Bertz CT molecular complexity index is 496. The predicted molar refractivity (Wildman–Crippen MR) is 81.3 cm³/mol. The monoisotopic (exact) mass is 292 g/mol. The highest BCUT2D eigenvalue weighted by atomic mass is 16.5. The Morgan fingerprint density at radius 3 is 2.57 bits per heavy atom. The number of nitrogens with two attached hydrogens (primary N) is 1. The number of ether oxygens (including phenoxy) is 2. The van der Waals surface area contributed by atoms with Crippen molar-refractivity contribution in [3.8, 4) is 5.75 Å². The van der Waals surface area contributed by atoms with Gasteiger partial charge in [0.25, 0.3) is 5.91 Å². The molecule has 0 saturated carbocycles. The fraction of sp³-hybridized carbons (Fsp3) is 0.562. The zero-order chi connectivity index (χ0) is 15.4. The third kappa shape index (κ3) is 3.95. The van der Waals surface area contributed by atoms with Crippen LogP contribution in [0.2, 0.25) is 0 Å². The van der Waals surface area contributed by atoms with E-state index in [0.717, 1.165) is 16.9 Å². The summed E-state index contributed by atoms with van der Waals surface area (Å²) in [6.45, 7) is 8.16. The summed E-state index contributed by atoms with van der Waals surface area (Å²) in [5.74, 6) is 0.738. The van der Waals surface area contributed by atoms with Crippen molar-refractivity contribution in [1.29, 1.82) is 0 Å². The second-order valence-corrected chi connectivity index (χ2v) is 5.51. The Morgan fingerprint density at radius 2 is 2.00 bits per heavy atom. The van der Waals surface area contributed by atoms with Crippen molar-refractivity contribution in [3.05, 3.63) is 29.3 Å². The van der Waals surface area contributed by atoms with E-state index in [1.807, 2.05) is 32.0 Å². The smallest absolute Gasteiger partial charge is 0.263 e. The molecule has 5 heteroatoms. The highest BCUT2D eigenvalue weighted by Gasteiger charge is 2.24. The average Bonchev–Trinajstić information content (AvgIpc) is 2.49. The van der Waals surface area contributed by atoms with Gasteiger partial charge in [0.2, 0.25) is 0 Å². The lowest BCUT2D eigenvalue weighted by molar-refractivity contribution is -0.142. The number of nitrogens with zero attached hydrogens (tertiary/aromatic N) is 1. The van der Waals surface area contributed by atoms with Crippen LogP contribution in [0, 0.1) is 6.92 Å². The molecular formula is C16H24N2O3. The first-order valence-corrected chi connectivity index (χ1v) is 7.38. The number of rotatable bonds is 4. The summed E-state index contributed by atoms with van der Waals surface area (Å²) in [4.78, 5) is 14.1. The van der Waals surface area contributed by atoms with Crippen molar-refractivity contribution >= 4 is 5.91 Å². The topological polar surface area (TPSA) is 64.8 Å². The van der Waals surface area contributed by atoms with E-state index in [0.29, 0.717) is 26.3 Å². The molecule has 0 radical (unpaired) electrons. The van der Waals surface area contributed by atoms with E-state index in [1.165, 1.54) is 0 Å². The Morgan fingerprint density at radius 1 is 1.33 bits per heavy atom. The maximum atomic E-state index is 12.3. The van der Waals surface area contributed by atoms with E-state index in [2.05, 4.69) is 0 Å². The maximum absolute atomic E-state index is 12.3. The molecule has 0 bridgehead atoms. The second kappa shape index (κ2) is 6.91. The predicted octanol–water partition coefficient (Wildman–Crippen LogP) is 1.64. The second-order valence-electron chi connectivity index (χ2n) is 5.51. The van der Waals surface area contributed by atoms with Crippen molar-refractivity contribution in [2.45, 2.75) is 32.9 Å². The minimum Gasteiger partial charge on any atom is -0.481 e. The Kier molecular flexibility index (Phi) is 5.20. The number of hydrogen-bond acceptors (Lipinski definition) is 4. The van der Waals surface area contributed by atoms with Crippen LogP contribution in [-0.4, -0.2) is 43.2 Å². The van der Waals surface area contributed by atoms with E-state index in [1.54, 1.807) is 11.8 Å². The van der Waals surface area contributed by atoms with Gasteiger partial charge in [-0.2, -0.15) is 0 Å². The summed E-state index contributed by atoms with van der Waals surface area (Å²) >= 11 is 0. The van der Waals surface area contributed by atoms with Crippen LogP contribution in [0.15, 0.2) is 18.2 Å². The lowest BCUT2D eigenvalue weighted by atomic mass is 10.1. The highest BCUT2D eigenvalue weighted by Crippen LogP contribution is 2.23. The minimum absolute atomic E-state index is 0.00831. The van der Waals surface area contributed by atoms with Gasteiger partial charge in [0.1, 0.15) is 5.75 Å². The summed E-state index contributed by atoms with van der Waals surface area (Å²) in [6.07, 6.45) is -0.497. The van der Waals surface area contributed by atoms with E-state index < -0.39 is 6.10 Å². The molecule has 1 unspecified atom stereocenters. The number of carbonyl (C=O) groups excluding carboxylic acids is 1. The molecule has 0 aliphatic carbocycles. The van der Waals surface area contributed by atoms with Crippen molar-refractivity contribution in [2.75, 3.05) is 26.3 Å². The quantitative estimate of drug-likeness (QED) is 0.916. The summed E-state index contributed by atoms with van der Waals surface area (Å²) in [5, 5.41) is 0. The van der Waals surface area contributed by atoms with Crippen LogP contribution in [0.1, 0.15) is 31.0 Å². The molecule has 1 aliphatic rings. The van der Waals surface area contributed by atoms with Crippen molar-refractivity contribution in [2.24, 2.45) is 5.73 Å². The molecule has 1 saturated heterocycles. The van der Waals surface area contributed by atoms with Gasteiger partial charge in [0, 0.05) is 19.1 Å². The first-order valence-electron chi connectivity index (χ1n) is 7.38. The number of aryl methyl sites for hydroxylation is 1. The molecule has 2 atom stereocenters. The molecule has 1 aliphatic heterocycles. The van der Waals surface area contributed by atoms with Gasteiger partial charge in [0.05, 0.1) is 13.2 Å². The van der Waals surface area contributed by atoms with Crippen LogP contribution in [0.4, 0.5) is 0 Å². The van der Waals surface area contributed by atoms with Gasteiger partial charge in [-0.05, 0) is 38.0 Å². The van der Waals surface area contributed by atoms with Crippen molar-refractivity contribution in [3.63, 3.8) is 0 Å². The molecule has 0 spiro atoms. The molecule has 116 valence electrons. The van der Waals surface area contributed by atoms with Gasteiger partial charge in [0.15, 0.2) is 6.10 Å². The van der Waals surface area contributed by atoms with Gasteiger partial charge in [-0.15, -0.1) is 0 Å². The van der Waals surface area contributed by atoms with Gasteiger partial charge in [-0.1, -0.05) is 12.1 Å². The van der Waals surface area contributed by atoms with Gasteiger partial charge in [-0.25, -0.2) is 0 Å². The van der Waals surface area contributed by atoms with Crippen LogP contribution in [-0.2, 0) is 9.53 Å². The summed E-state index contributed by atoms with van der Waals surface area (Å²) < 4.78 is 11.1. The van der Waals surface area contributed by atoms with Crippen molar-refractivity contribution < 1.29 is 14.3 Å². The van der Waals surface area contributed by atoms with Crippen molar-refractivity contribution in [1.82, 2.24) is 4.90 Å². The molecule has 2 N–H and O–H groups in total. The molecule has 1 amide bonds. The Balaban J connectivity index is 2.01. The molecule has 1 heterocycles. The zero-order valence-corrected chi connectivity index (χ0v) is 13.0. The van der Waals surface area contributed by atoms with Gasteiger partial charge < -0.3 is 20.1 Å². The fourth-order valence-corrected chi connectivity index (χ4v) is 2.37. The molecule has 5 nitrogen and oxygen atoms in total. The zero-order valence-electron chi connectivity index (χ0n) is 13.0. The van der Waals surface area contributed by atoms with Crippen LogP contribution in [0.3, 0.4) is 0 Å². The highest BCUT2D eigenvalue weighted by molar-refractivity contribution is 5.81. The summed E-state index contributed by atoms with van der Waals surface area (Å²) in [7, 11) is 0. The minimum atomic E-state index is -0.497. The summed E-state index contributed by atoms with van der Waals surface area (Å²) in [6, 6.07) is 5.83. The third-order valence-corrected chi connectivity index (χ3v) is 3.70. The normalized spacial score (nSPS) is 18.2. The van der Waals surface area contributed by atoms with E-state index in [4.69, 9.17) is 15.2 Å². The molecule has 1 aromatic rings. The SMILES string of the molecule is Cc1cc([C@H](C)N)ccc1OC(C)C(=O)N1CCOCC1. The number of hydrogen-bond donors (Lipinski definition) is 1. The summed E-state index contributed by atoms with van der Waals surface area (Å²) in [5.41, 5.74) is 7.92. The molecule has 21 heavy (non-hydrogen) atoms. The standard InChI is InChI=1S/C16H24N2O3/c1-11-10-14(12(2)17)4-5-15(11)21-13(3)16(19)18-6-8-20-9-7-18/h4-5,10,12-13H,6-9,17H2,1-3H3/t12-,13?/m0/s1. The van der Waals surface area contributed by atoms with Crippen LogP contribution < -0.4 is 10.5 Å². The largest absolute Gasteiger partial charge is 0.481 e. The molecule has 1 aromatic carbocycles. The third-order valence-electron chi connectivity index (χ3n) is 3.70. The fourth-order valence-electron chi connectivity index (χ4n) is 2.37. The van der Waals surface area contributed by atoms with Gasteiger partial charge >= 0.3 is 0 Å². The number of benzene rings is 1. The average molecular weight is 292 g/mol.